The second kappa shape index (κ2) is 21.6. The predicted molar refractivity (Wildman–Crippen MR) is 352 cm³/mol. The zero-order valence-electron chi connectivity index (χ0n) is 56.3. The molecular formula is C79H60N4OPtSi-2. The first-order valence-corrected chi connectivity index (χ1v) is 30.5. The molecule has 5 nitrogen and oxygen atoms in total. The Morgan fingerprint density at radius 1 is 0.477 bits per heavy atom. The van der Waals surface area contributed by atoms with Crippen LogP contribution < -0.4 is 30.1 Å². The van der Waals surface area contributed by atoms with Crippen LogP contribution in [0.1, 0.15) is 55.4 Å². The fourth-order valence-electron chi connectivity index (χ4n) is 13.1. The SMILES string of the molecule is [2H]C([2H])([2H])c1cc(-n2c3[c-]c(Oc4[c-]c(-n5[c-][n+]6c7c(cccc75)-c5ccccc5-c5ccccc5-c5cccc(C(C)(C)C)c5-6)ccc4)ccc3c3cc([Si](c4ccccc4)(c4ccccc4)c4ccccc4)ccc32)ncc1-c1c(C([2H])([2H])[2H])cccc1C([2H])([2H])[2H].[Pt]. The van der Waals surface area contributed by atoms with E-state index in [2.05, 4.69) is 214 Å². The van der Waals surface area contributed by atoms with Gasteiger partial charge in [0.1, 0.15) is 5.82 Å². The molecule has 0 amide bonds. The summed E-state index contributed by atoms with van der Waals surface area (Å²) in [5, 5.41) is 6.21. The van der Waals surface area contributed by atoms with Crippen LogP contribution in [0.3, 0.4) is 0 Å². The Labute approximate surface area is 531 Å². The average Bonchev–Trinajstić information content (AvgIpc) is 1.75. The first kappa shape index (κ1) is 45.0. The summed E-state index contributed by atoms with van der Waals surface area (Å²) >= 11 is 0. The minimum atomic E-state index is -3.11. The van der Waals surface area contributed by atoms with Gasteiger partial charge in [-0.3, -0.25) is 4.57 Å². The van der Waals surface area contributed by atoms with Crippen LogP contribution in [0.15, 0.2) is 255 Å². The molecule has 1 aliphatic rings. The topological polar surface area (TPSA) is 35.9 Å². The quantitative estimate of drug-likeness (QED) is 0.0625. The molecular weight excluding hydrogens is 1240 g/mol. The van der Waals surface area contributed by atoms with E-state index in [1.807, 2.05) is 63.7 Å². The van der Waals surface area contributed by atoms with Gasteiger partial charge in [0.05, 0.1) is 16.7 Å². The number of aryl methyl sites for hydroxylation is 3. The second-order valence-electron chi connectivity index (χ2n) is 22.8. The van der Waals surface area contributed by atoms with E-state index in [4.69, 9.17) is 22.1 Å². The summed E-state index contributed by atoms with van der Waals surface area (Å²) in [5.74, 6) is 0.892. The largest absolute Gasteiger partial charge is 0.510 e. The van der Waals surface area contributed by atoms with Crippen molar-refractivity contribution >= 4 is 61.7 Å². The van der Waals surface area contributed by atoms with E-state index < -0.39 is 28.6 Å². The fraction of sp³-hybridized carbons (Fsp3) is 0.0886. The van der Waals surface area contributed by atoms with Gasteiger partial charge in [0, 0.05) is 62.2 Å². The molecule has 15 rings (SSSR count). The number of hydrogen-bond donors (Lipinski definition) is 0. The van der Waals surface area contributed by atoms with E-state index in [0.29, 0.717) is 28.2 Å². The van der Waals surface area contributed by atoms with E-state index in [-0.39, 0.29) is 60.1 Å². The molecule has 0 radical (unpaired) electrons. The molecule has 7 heteroatoms. The number of imidazole rings is 1. The number of hydrogen-bond acceptors (Lipinski definition) is 2. The summed E-state index contributed by atoms with van der Waals surface area (Å²) in [5.41, 5.74) is 11.1. The first-order chi connectivity index (χ1) is 45.2. The number of ether oxygens (including phenoxy) is 1. The van der Waals surface area contributed by atoms with Gasteiger partial charge in [-0.15, -0.1) is 29.7 Å². The molecule has 4 heterocycles. The molecule has 3 aromatic heterocycles. The molecule has 14 aromatic rings. The molecule has 0 saturated carbocycles. The Morgan fingerprint density at radius 2 is 1.03 bits per heavy atom. The standard InChI is InChI=1S/C79H60N4OSi.Pt/c1-52-24-20-25-53(2)76(52)70-50-80-75(46-54(70)3)83-72-45-43-61(85(58-28-10-7-11-29-58,59-30-12-8-13-31-59)60-32-14-9-15-33-60)49-69(72)66-44-42-57(48-74(66)83)84-56-27-21-26-55(47-56)81-51-82-77-67(38-22-40-71(77)79(4,5)6)64-36-18-16-34-62(64)63-35-17-19-37-65(63)68-39-23-41-73(81)78(68)82;/h7-46,49-50H,1-6H3;/q-2;/i1D3,2D3,3D3;. The van der Waals surface area contributed by atoms with Crippen LogP contribution in [-0.2, 0) is 26.5 Å². The van der Waals surface area contributed by atoms with E-state index in [1.54, 1.807) is 0 Å². The minimum Gasteiger partial charge on any atom is -0.510 e. The molecule has 0 aliphatic carbocycles. The van der Waals surface area contributed by atoms with E-state index >= 15 is 0 Å². The molecule has 0 atom stereocenters. The zero-order chi connectivity index (χ0) is 65.1. The molecule has 0 spiro atoms. The Morgan fingerprint density at radius 3 is 1.67 bits per heavy atom. The van der Waals surface area contributed by atoms with Crippen LogP contribution in [0.2, 0.25) is 0 Å². The molecule has 11 aromatic carbocycles. The first-order valence-electron chi connectivity index (χ1n) is 33.0. The molecule has 1 aliphatic heterocycles. The molecule has 0 saturated heterocycles. The number of para-hydroxylation sites is 2. The van der Waals surface area contributed by atoms with Crippen molar-refractivity contribution in [2.24, 2.45) is 0 Å². The van der Waals surface area contributed by atoms with Crippen molar-refractivity contribution in [3.05, 3.63) is 296 Å². The van der Waals surface area contributed by atoms with Gasteiger partial charge < -0.3 is 13.9 Å². The van der Waals surface area contributed by atoms with Gasteiger partial charge >= 0.3 is 0 Å². The summed E-state index contributed by atoms with van der Waals surface area (Å²) < 4.78 is 91.4. The van der Waals surface area contributed by atoms with E-state index in [0.717, 1.165) is 71.6 Å². The van der Waals surface area contributed by atoms with Gasteiger partial charge in [-0.25, -0.2) is 4.98 Å². The Kier molecular flexibility index (Phi) is 11.3. The van der Waals surface area contributed by atoms with Gasteiger partial charge in [-0.2, -0.15) is 18.2 Å². The maximum Gasteiger partial charge on any atom is 0.268 e. The minimum absolute atomic E-state index is 0. The predicted octanol–water partition coefficient (Wildman–Crippen LogP) is 16.2. The van der Waals surface area contributed by atoms with Crippen molar-refractivity contribution in [1.82, 2.24) is 14.1 Å². The van der Waals surface area contributed by atoms with E-state index in [9.17, 15) is 0 Å². The Hall–Kier alpha value is -9.45. The smallest absolute Gasteiger partial charge is 0.268 e. The number of benzene rings is 11. The Balaban J connectivity index is 0.00000778. The maximum absolute atomic E-state index is 9.05. The van der Waals surface area contributed by atoms with Crippen molar-refractivity contribution in [3.63, 3.8) is 0 Å². The number of nitrogens with zero attached hydrogens (tertiary/aromatic N) is 4. The van der Waals surface area contributed by atoms with Crippen LogP contribution in [0.4, 0.5) is 0 Å². The third kappa shape index (κ3) is 8.84. The summed E-state index contributed by atoms with van der Waals surface area (Å²) in [6.45, 7) is -1.75. The summed E-state index contributed by atoms with van der Waals surface area (Å²) in [4.78, 5) is 4.99. The molecule has 418 valence electrons. The zero-order valence-corrected chi connectivity index (χ0v) is 50.5. The average molecular weight is 1310 g/mol. The van der Waals surface area contributed by atoms with Crippen molar-refractivity contribution in [3.8, 4) is 73.2 Å². The van der Waals surface area contributed by atoms with Crippen LogP contribution in [0, 0.1) is 39.0 Å². The van der Waals surface area contributed by atoms with Gasteiger partial charge in [-0.1, -0.05) is 233 Å². The second-order valence-corrected chi connectivity index (χ2v) is 26.6. The van der Waals surface area contributed by atoms with Crippen molar-refractivity contribution in [1.29, 1.82) is 0 Å². The third-order valence-electron chi connectivity index (χ3n) is 16.8. The number of rotatable bonds is 9. The molecule has 0 N–H and O–H groups in total. The van der Waals surface area contributed by atoms with Gasteiger partial charge in [-0.05, 0) is 131 Å². The maximum atomic E-state index is 9.05. The molecule has 86 heavy (non-hydrogen) atoms. The van der Waals surface area contributed by atoms with Crippen molar-refractivity contribution < 1.29 is 42.7 Å². The normalized spacial score (nSPS) is 14.0. The van der Waals surface area contributed by atoms with E-state index in [1.165, 1.54) is 46.0 Å². The van der Waals surface area contributed by atoms with Crippen LogP contribution >= 0.6 is 0 Å². The molecule has 0 bridgehead atoms. The summed E-state index contributed by atoms with van der Waals surface area (Å²) in [6.07, 6.45) is 5.16. The van der Waals surface area contributed by atoms with Crippen molar-refractivity contribution in [2.45, 2.75) is 46.7 Å². The number of aromatic nitrogens is 4. The van der Waals surface area contributed by atoms with Crippen LogP contribution in [0.5, 0.6) is 11.5 Å². The summed E-state index contributed by atoms with van der Waals surface area (Å²) in [6, 6.07) is 90.8. The van der Waals surface area contributed by atoms with Crippen LogP contribution in [0.25, 0.3) is 94.5 Å². The molecule has 0 fully saturated rings. The number of fused-ring (bicyclic) bond motifs is 10. The van der Waals surface area contributed by atoms with Gasteiger partial charge in [0.2, 0.25) is 0 Å². The van der Waals surface area contributed by atoms with Gasteiger partial charge in [0.15, 0.2) is 8.07 Å². The van der Waals surface area contributed by atoms with Gasteiger partial charge in [0.25, 0.3) is 6.33 Å². The molecule has 0 unspecified atom stereocenters. The summed E-state index contributed by atoms with van der Waals surface area (Å²) in [7, 11) is -3.11. The monoisotopic (exact) mass is 1310 g/mol. The fourth-order valence-corrected chi connectivity index (χ4v) is 17.9. The third-order valence-corrected chi connectivity index (χ3v) is 21.6. The number of pyridine rings is 1. The van der Waals surface area contributed by atoms with Crippen molar-refractivity contribution in [2.75, 3.05) is 0 Å². The Bertz CT molecular complexity index is 5180. The van der Waals surface area contributed by atoms with Crippen LogP contribution in [-0.4, -0.2) is 22.2 Å².